The molecule has 8 heteroatoms. The standard InChI is InChI=1S/C15H12N6S2/c1-9-12-13(21(20-9)10-5-3-2-4-6-10)11(7-16)14(18-8-19-17)23-15(12)22/h2-6,8H,17H2,1H3,(H,18,19). The Morgan fingerprint density at radius 2 is 2.17 bits per heavy atom. The molecule has 0 atom stereocenters. The molecule has 3 N–H and O–H groups in total. The zero-order valence-corrected chi connectivity index (χ0v) is 13.8. The minimum Gasteiger partial charge on any atom is -0.315 e. The van der Waals surface area contributed by atoms with E-state index in [0.717, 1.165) is 16.8 Å². The molecule has 3 rings (SSSR count). The van der Waals surface area contributed by atoms with Crippen LogP contribution in [0, 0.1) is 22.1 Å². The predicted octanol–water partition coefficient (Wildman–Crippen LogP) is 3.12. The molecule has 0 aliphatic rings. The molecule has 3 aromatic rings. The minimum absolute atomic E-state index is 0.426. The molecule has 0 aliphatic heterocycles. The molecule has 2 heterocycles. The van der Waals surface area contributed by atoms with Gasteiger partial charge in [-0.05, 0) is 19.1 Å². The first-order valence-electron chi connectivity index (χ1n) is 6.68. The maximum absolute atomic E-state index is 9.64. The monoisotopic (exact) mass is 340 g/mol. The zero-order valence-electron chi connectivity index (χ0n) is 12.1. The summed E-state index contributed by atoms with van der Waals surface area (Å²) in [5.41, 5.74) is 5.08. The normalized spacial score (nSPS) is 11.0. The Kier molecular flexibility index (Phi) is 4.16. The van der Waals surface area contributed by atoms with Gasteiger partial charge in [0.1, 0.15) is 26.8 Å². The number of hydrazine groups is 1. The Bertz CT molecular complexity index is 995. The van der Waals surface area contributed by atoms with Crippen molar-refractivity contribution in [3.05, 3.63) is 45.4 Å². The molecule has 2 aromatic heterocycles. The van der Waals surface area contributed by atoms with Crippen LogP contribution in [0.4, 0.5) is 5.00 Å². The first-order valence-corrected chi connectivity index (χ1v) is 7.90. The number of rotatable bonds is 3. The highest BCUT2D eigenvalue weighted by atomic mass is 32.1. The van der Waals surface area contributed by atoms with Crippen LogP contribution in [-0.2, 0) is 0 Å². The summed E-state index contributed by atoms with van der Waals surface area (Å²) in [6.07, 6.45) is 1.32. The highest BCUT2D eigenvalue weighted by Gasteiger charge is 2.18. The highest BCUT2D eigenvalue weighted by molar-refractivity contribution is 7.74. The Morgan fingerprint density at radius 3 is 2.83 bits per heavy atom. The quantitative estimate of drug-likeness (QED) is 0.251. The topological polar surface area (TPSA) is 92.0 Å². The van der Waals surface area contributed by atoms with Gasteiger partial charge < -0.3 is 5.43 Å². The van der Waals surface area contributed by atoms with Crippen LogP contribution in [0.1, 0.15) is 11.3 Å². The fraction of sp³-hybridized carbons (Fsp3) is 0.0667. The minimum atomic E-state index is 0.426. The molecule has 0 unspecified atom stereocenters. The van der Waals surface area contributed by atoms with E-state index >= 15 is 0 Å². The summed E-state index contributed by atoms with van der Waals surface area (Å²) in [6.45, 7) is 1.88. The number of nitrogens with one attached hydrogen (secondary N) is 1. The van der Waals surface area contributed by atoms with E-state index in [1.165, 1.54) is 17.7 Å². The van der Waals surface area contributed by atoms with Gasteiger partial charge in [0.25, 0.3) is 0 Å². The number of aliphatic imine (C=N–C) groups is 1. The first kappa shape index (κ1) is 15.3. The lowest BCUT2D eigenvalue weighted by Crippen LogP contribution is -2.18. The van der Waals surface area contributed by atoms with Gasteiger partial charge >= 0.3 is 0 Å². The third-order valence-corrected chi connectivity index (χ3v) is 4.62. The molecule has 0 radical (unpaired) electrons. The van der Waals surface area contributed by atoms with Crippen molar-refractivity contribution >= 4 is 45.8 Å². The summed E-state index contributed by atoms with van der Waals surface area (Å²) >= 11 is 6.75. The number of hydrogen-bond donors (Lipinski definition) is 2. The zero-order chi connectivity index (χ0) is 16.4. The van der Waals surface area contributed by atoms with E-state index in [0.29, 0.717) is 19.9 Å². The van der Waals surface area contributed by atoms with Gasteiger partial charge in [-0.25, -0.2) is 15.5 Å². The number of aryl methyl sites for hydroxylation is 1. The van der Waals surface area contributed by atoms with Crippen molar-refractivity contribution in [2.45, 2.75) is 6.92 Å². The van der Waals surface area contributed by atoms with Crippen molar-refractivity contribution in [1.29, 1.82) is 5.26 Å². The SMILES string of the molecule is Cc1nn(-c2ccccc2)c2c(C#N)c(/N=C/NN)sc(=S)c12. The number of fused-ring (bicyclic) bond motifs is 1. The second-order valence-corrected chi connectivity index (χ2v) is 6.33. The molecule has 0 saturated carbocycles. The molecular weight excluding hydrogens is 328 g/mol. The van der Waals surface area contributed by atoms with Gasteiger partial charge in [-0.1, -0.05) is 30.4 Å². The molecule has 114 valence electrons. The van der Waals surface area contributed by atoms with Gasteiger partial charge in [0.05, 0.1) is 22.3 Å². The van der Waals surface area contributed by atoms with Crippen molar-refractivity contribution in [1.82, 2.24) is 15.2 Å². The van der Waals surface area contributed by atoms with Gasteiger partial charge in [0, 0.05) is 0 Å². The van der Waals surface area contributed by atoms with E-state index in [2.05, 4.69) is 21.6 Å². The molecule has 0 fully saturated rings. The number of aromatic nitrogens is 2. The van der Waals surface area contributed by atoms with Crippen LogP contribution in [0.25, 0.3) is 16.6 Å². The fourth-order valence-corrected chi connectivity index (χ4v) is 3.69. The largest absolute Gasteiger partial charge is 0.315 e. The van der Waals surface area contributed by atoms with Gasteiger partial charge in [-0.3, -0.25) is 0 Å². The van der Waals surface area contributed by atoms with Crippen molar-refractivity contribution in [3.63, 3.8) is 0 Å². The number of nitrogens with zero attached hydrogens (tertiary/aromatic N) is 4. The van der Waals surface area contributed by atoms with E-state index in [1.54, 1.807) is 4.68 Å². The summed E-state index contributed by atoms with van der Waals surface area (Å²) in [5.74, 6) is 5.22. The van der Waals surface area contributed by atoms with Gasteiger partial charge in [-0.2, -0.15) is 10.4 Å². The fourth-order valence-electron chi connectivity index (χ4n) is 2.34. The highest BCUT2D eigenvalue weighted by Crippen LogP contribution is 2.36. The number of nitriles is 1. The Labute approximate surface area is 141 Å². The van der Waals surface area contributed by atoms with E-state index in [4.69, 9.17) is 18.1 Å². The molecule has 0 amide bonds. The summed E-state index contributed by atoms with van der Waals surface area (Å²) < 4.78 is 2.38. The average molecular weight is 340 g/mol. The molecular formula is C15H12N6S2. The lowest BCUT2D eigenvalue weighted by molar-refractivity contribution is 0.888. The average Bonchev–Trinajstić information content (AvgIpc) is 2.92. The third kappa shape index (κ3) is 2.61. The summed E-state index contributed by atoms with van der Waals surface area (Å²) in [4.78, 5) is 4.18. The van der Waals surface area contributed by atoms with Crippen LogP contribution in [0.2, 0.25) is 0 Å². The second-order valence-electron chi connectivity index (χ2n) is 4.66. The van der Waals surface area contributed by atoms with Crippen LogP contribution in [-0.4, -0.2) is 16.1 Å². The molecule has 6 nitrogen and oxygen atoms in total. The van der Waals surface area contributed by atoms with Crippen molar-refractivity contribution < 1.29 is 0 Å². The second kappa shape index (κ2) is 6.26. The Hall–Kier alpha value is -2.60. The maximum atomic E-state index is 9.64. The van der Waals surface area contributed by atoms with E-state index < -0.39 is 0 Å². The van der Waals surface area contributed by atoms with Crippen LogP contribution in [0.15, 0.2) is 35.3 Å². The van der Waals surface area contributed by atoms with Crippen LogP contribution >= 0.6 is 23.6 Å². The van der Waals surface area contributed by atoms with Crippen LogP contribution in [0.5, 0.6) is 0 Å². The van der Waals surface area contributed by atoms with Crippen molar-refractivity contribution in [2.75, 3.05) is 0 Å². The summed E-state index contributed by atoms with van der Waals surface area (Å²) in [7, 11) is 0. The van der Waals surface area contributed by atoms with E-state index in [1.807, 2.05) is 37.3 Å². The van der Waals surface area contributed by atoms with Crippen molar-refractivity contribution in [2.24, 2.45) is 10.8 Å². The summed E-state index contributed by atoms with van der Waals surface area (Å²) in [6, 6.07) is 11.8. The number of nitrogens with two attached hydrogens (primary N) is 1. The molecule has 0 spiro atoms. The Balaban J connectivity index is 2.45. The smallest absolute Gasteiger partial charge is 0.139 e. The summed E-state index contributed by atoms with van der Waals surface area (Å²) in [5, 5.41) is 15.5. The third-order valence-electron chi connectivity index (χ3n) is 3.27. The molecule has 23 heavy (non-hydrogen) atoms. The lowest BCUT2D eigenvalue weighted by Gasteiger charge is -2.05. The maximum Gasteiger partial charge on any atom is 0.139 e. The van der Waals surface area contributed by atoms with Crippen LogP contribution in [0.3, 0.4) is 0 Å². The van der Waals surface area contributed by atoms with Gasteiger partial charge in [-0.15, -0.1) is 11.3 Å². The van der Waals surface area contributed by atoms with E-state index in [-0.39, 0.29) is 0 Å². The van der Waals surface area contributed by atoms with E-state index in [9.17, 15) is 5.26 Å². The first-order chi connectivity index (χ1) is 11.2. The molecule has 0 saturated heterocycles. The molecule has 1 aromatic carbocycles. The Morgan fingerprint density at radius 1 is 1.43 bits per heavy atom. The number of hydrogen-bond acceptors (Lipinski definition) is 6. The lowest BCUT2D eigenvalue weighted by atomic mass is 10.2. The van der Waals surface area contributed by atoms with Crippen molar-refractivity contribution in [3.8, 4) is 11.8 Å². The van der Waals surface area contributed by atoms with Gasteiger partial charge in [0.2, 0.25) is 0 Å². The molecule has 0 bridgehead atoms. The molecule has 0 aliphatic carbocycles. The predicted molar refractivity (Wildman–Crippen MR) is 94.7 cm³/mol. The van der Waals surface area contributed by atoms with Gasteiger partial charge in [0.15, 0.2) is 0 Å². The number of benzene rings is 1. The number of para-hydroxylation sites is 1. The van der Waals surface area contributed by atoms with Crippen LogP contribution < -0.4 is 11.3 Å².